The van der Waals surface area contributed by atoms with Gasteiger partial charge < -0.3 is 5.32 Å². The molecule has 0 atom stereocenters. The lowest BCUT2D eigenvalue weighted by Gasteiger charge is -2.11. The molecule has 0 bridgehead atoms. The molecule has 0 radical (unpaired) electrons. The number of nitrogens with zero attached hydrogens (tertiary/aromatic N) is 4. The summed E-state index contributed by atoms with van der Waals surface area (Å²) in [6.45, 7) is 0. The van der Waals surface area contributed by atoms with E-state index in [1.165, 1.54) is 12.5 Å². The molecule has 0 unspecified atom stereocenters. The lowest BCUT2D eigenvalue weighted by atomic mass is 10.1. The summed E-state index contributed by atoms with van der Waals surface area (Å²) < 4.78 is 25.5. The number of aromatic nitrogens is 4. The molecule has 3 heterocycles. The highest BCUT2D eigenvalue weighted by Crippen LogP contribution is 2.29. The van der Waals surface area contributed by atoms with E-state index in [2.05, 4.69) is 35.9 Å². The molecule has 0 aliphatic heterocycles. The van der Waals surface area contributed by atoms with Crippen molar-refractivity contribution in [3.63, 3.8) is 0 Å². The van der Waals surface area contributed by atoms with E-state index in [-0.39, 0.29) is 10.8 Å². The van der Waals surface area contributed by atoms with E-state index in [4.69, 9.17) is 18.0 Å². The van der Waals surface area contributed by atoms with Crippen LogP contribution in [-0.2, 0) is 10.0 Å². The van der Waals surface area contributed by atoms with E-state index >= 15 is 0 Å². The van der Waals surface area contributed by atoms with Crippen molar-refractivity contribution in [2.75, 3.05) is 16.3 Å². The normalized spacial score (nSPS) is 11.1. The summed E-state index contributed by atoms with van der Waals surface area (Å²) >= 11 is 6.02. The molecule has 8 nitrogen and oxygen atoms in total. The Morgan fingerprint density at radius 2 is 1.94 bits per heavy atom. The van der Waals surface area contributed by atoms with Crippen LogP contribution in [0.25, 0.3) is 22.3 Å². The van der Waals surface area contributed by atoms with Crippen molar-refractivity contribution in [2.24, 2.45) is 0 Å². The molecule has 0 aliphatic carbocycles. The fraction of sp³-hybridized carbons (Fsp3) is 0.0476. The lowest BCUT2D eigenvalue weighted by molar-refractivity contribution is 0.607. The van der Waals surface area contributed by atoms with E-state index in [0.29, 0.717) is 28.1 Å². The van der Waals surface area contributed by atoms with Crippen molar-refractivity contribution in [3.8, 4) is 23.6 Å². The van der Waals surface area contributed by atoms with Crippen molar-refractivity contribution in [2.45, 2.75) is 0 Å². The van der Waals surface area contributed by atoms with Gasteiger partial charge in [0, 0.05) is 23.0 Å². The number of hydrogen-bond donors (Lipinski definition) is 2. The second-order valence-electron chi connectivity index (χ2n) is 6.57. The summed E-state index contributed by atoms with van der Waals surface area (Å²) in [7, 11) is -3.52. The Morgan fingerprint density at radius 3 is 2.71 bits per heavy atom. The molecule has 4 rings (SSSR count). The molecule has 31 heavy (non-hydrogen) atoms. The second-order valence-corrected chi connectivity index (χ2v) is 8.68. The monoisotopic (exact) mass is 450 g/mol. The van der Waals surface area contributed by atoms with Crippen LogP contribution >= 0.6 is 11.6 Å². The first-order valence-electron chi connectivity index (χ1n) is 8.91. The maximum Gasteiger partial charge on any atom is 0.229 e. The number of nitrogens with one attached hydrogen (secondary N) is 2. The molecule has 1 aromatic carbocycles. The van der Waals surface area contributed by atoms with Gasteiger partial charge in [-0.15, -0.1) is 6.42 Å². The molecule has 0 saturated carbocycles. The molecular formula is C21H15ClN6O2S. The number of rotatable bonds is 5. The summed E-state index contributed by atoms with van der Waals surface area (Å²) in [6.07, 6.45) is 9.46. The van der Waals surface area contributed by atoms with Crippen molar-refractivity contribution in [1.29, 1.82) is 0 Å². The SMILES string of the molecule is C#Cc1cccc(Nc2ncnc3ccc(-c4cnc(Cl)c(NS(C)(=O)=O)c4)nc23)c1. The van der Waals surface area contributed by atoms with Crippen LogP contribution in [0.5, 0.6) is 0 Å². The van der Waals surface area contributed by atoms with Gasteiger partial charge in [-0.2, -0.15) is 0 Å². The largest absolute Gasteiger partial charge is 0.338 e. The molecule has 10 heteroatoms. The smallest absolute Gasteiger partial charge is 0.229 e. The van der Waals surface area contributed by atoms with Crippen LogP contribution in [0.4, 0.5) is 17.2 Å². The van der Waals surface area contributed by atoms with Gasteiger partial charge in [-0.05, 0) is 36.4 Å². The van der Waals surface area contributed by atoms with Crippen LogP contribution < -0.4 is 10.0 Å². The maximum atomic E-state index is 11.6. The standard InChI is InChI=1S/C21H15ClN6O2S/c1-3-13-5-4-6-15(9-13)26-21-19-17(24-12-25-21)8-7-16(27-19)14-10-18(20(22)23-11-14)28-31(2,29)30/h1,4-12,28H,2H3,(H,24,25,26). The molecule has 0 amide bonds. The summed E-state index contributed by atoms with van der Waals surface area (Å²) in [5.41, 5.74) is 3.93. The van der Waals surface area contributed by atoms with Crippen LogP contribution in [-0.4, -0.2) is 34.6 Å². The Balaban J connectivity index is 1.77. The molecule has 154 valence electrons. The zero-order chi connectivity index (χ0) is 22.0. The number of pyridine rings is 2. The minimum Gasteiger partial charge on any atom is -0.338 e. The average molecular weight is 451 g/mol. The van der Waals surface area contributed by atoms with Crippen molar-refractivity contribution in [3.05, 3.63) is 65.7 Å². The number of anilines is 3. The highest BCUT2D eigenvalue weighted by atomic mass is 35.5. The van der Waals surface area contributed by atoms with Crippen LogP contribution in [0.1, 0.15) is 5.56 Å². The summed E-state index contributed by atoms with van der Waals surface area (Å²) in [4.78, 5) is 17.3. The molecule has 0 fully saturated rings. The van der Waals surface area contributed by atoms with E-state index < -0.39 is 10.0 Å². The molecule has 4 aromatic rings. The zero-order valence-corrected chi connectivity index (χ0v) is 17.7. The van der Waals surface area contributed by atoms with E-state index in [0.717, 1.165) is 17.5 Å². The molecule has 0 spiro atoms. The fourth-order valence-corrected chi connectivity index (χ4v) is 3.64. The maximum absolute atomic E-state index is 11.6. The quantitative estimate of drug-likeness (QED) is 0.351. The van der Waals surface area contributed by atoms with Crippen molar-refractivity contribution >= 4 is 49.9 Å². The van der Waals surface area contributed by atoms with Gasteiger partial charge in [-0.3, -0.25) is 4.72 Å². The first-order chi connectivity index (χ1) is 14.8. The Bertz CT molecular complexity index is 1450. The molecule has 0 aliphatic rings. The summed E-state index contributed by atoms with van der Waals surface area (Å²) in [5, 5.41) is 3.25. The van der Waals surface area contributed by atoms with E-state index in [1.807, 2.05) is 24.3 Å². The second kappa shape index (κ2) is 8.18. The van der Waals surface area contributed by atoms with Gasteiger partial charge in [0.15, 0.2) is 11.0 Å². The molecule has 3 aromatic heterocycles. The van der Waals surface area contributed by atoms with Gasteiger partial charge in [0.2, 0.25) is 10.0 Å². The van der Waals surface area contributed by atoms with Gasteiger partial charge in [0.1, 0.15) is 11.8 Å². The molecule has 2 N–H and O–H groups in total. The predicted molar refractivity (Wildman–Crippen MR) is 122 cm³/mol. The van der Waals surface area contributed by atoms with E-state index in [1.54, 1.807) is 18.2 Å². The Labute approximate surface area is 183 Å². The Morgan fingerprint density at radius 1 is 1.10 bits per heavy atom. The Kier molecular flexibility index (Phi) is 5.42. The Hall–Kier alpha value is -3.74. The summed E-state index contributed by atoms with van der Waals surface area (Å²) in [6, 6.07) is 12.5. The third-order valence-electron chi connectivity index (χ3n) is 4.20. The topological polar surface area (TPSA) is 110 Å². The number of halogens is 1. The number of terminal acetylenes is 1. The third-order valence-corrected chi connectivity index (χ3v) is 5.10. The average Bonchev–Trinajstić information content (AvgIpc) is 2.74. The number of benzene rings is 1. The first-order valence-corrected chi connectivity index (χ1v) is 11.2. The van der Waals surface area contributed by atoms with Crippen LogP contribution in [0.2, 0.25) is 5.15 Å². The third kappa shape index (κ3) is 4.71. The van der Waals surface area contributed by atoms with Gasteiger partial charge >= 0.3 is 0 Å². The molecule has 0 saturated heterocycles. The number of sulfonamides is 1. The van der Waals surface area contributed by atoms with Gasteiger partial charge in [-0.25, -0.2) is 28.4 Å². The fourth-order valence-electron chi connectivity index (χ4n) is 2.88. The van der Waals surface area contributed by atoms with Crippen LogP contribution in [0.3, 0.4) is 0 Å². The lowest BCUT2D eigenvalue weighted by Crippen LogP contribution is -2.10. The van der Waals surface area contributed by atoms with Gasteiger partial charge in [0.05, 0.1) is 23.2 Å². The highest BCUT2D eigenvalue weighted by molar-refractivity contribution is 7.92. The number of fused-ring (bicyclic) bond motifs is 1. The number of hydrogen-bond acceptors (Lipinski definition) is 7. The highest BCUT2D eigenvalue weighted by Gasteiger charge is 2.13. The summed E-state index contributed by atoms with van der Waals surface area (Å²) in [5.74, 6) is 3.09. The van der Waals surface area contributed by atoms with Gasteiger partial charge in [0.25, 0.3) is 0 Å². The minimum atomic E-state index is -3.52. The van der Waals surface area contributed by atoms with E-state index in [9.17, 15) is 8.42 Å². The zero-order valence-electron chi connectivity index (χ0n) is 16.2. The first kappa shape index (κ1) is 20.5. The van der Waals surface area contributed by atoms with Gasteiger partial charge in [-0.1, -0.05) is 23.6 Å². The van der Waals surface area contributed by atoms with Crippen molar-refractivity contribution < 1.29 is 8.42 Å². The van der Waals surface area contributed by atoms with Crippen LogP contribution in [0.15, 0.2) is 55.0 Å². The van der Waals surface area contributed by atoms with Crippen LogP contribution in [0, 0.1) is 12.3 Å². The van der Waals surface area contributed by atoms with Crippen molar-refractivity contribution in [1.82, 2.24) is 19.9 Å². The molecular weight excluding hydrogens is 436 g/mol. The minimum absolute atomic E-state index is 0.0362. The predicted octanol–water partition coefficient (Wildman–Crippen LogP) is 3.84.